The minimum Gasteiger partial charge on any atom is -0.347 e. The summed E-state index contributed by atoms with van der Waals surface area (Å²) in [6.07, 6.45) is -4.06. The van der Waals surface area contributed by atoms with E-state index in [1.165, 1.54) is 23.1 Å². The molecule has 1 fully saturated rings. The summed E-state index contributed by atoms with van der Waals surface area (Å²) in [7, 11) is 0. The molecule has 3 rings (SSSR count). The number of hydrogen-bond acceptors (Lipinski definition) is 4. The van der Waals surface area contributed by atoms with Gasteiger partial charge in [0.25, 0.3) is 0 Å². The van der Waals surface area contributed by atoms with Gasteiger partial charge in [0.2, 0.25) is 0 Å². The molecule has 140 valence electrons. The van der Waals surface area contributed by atoms with Crippen molar-refractivity contribution in [2.45, 2.75) is 23.9 Å². The van der Waals surface area contributed by atoms with Gasteiger partial charge in [0, 0.05) is 23.1 Å². The van der Waals surface area contributed by atoms with Gasteiger partial charge in [-0.1, -0.05) is 34.5 Å². The Morgan fingerprint density at radius 3 is 2.42 bits per heavy atom. The van der Waals surface area contributed by atoms with E-state index in [9.17, 15) is 18.0 Å². The van der Waals surface area contributed by atoms with Crippen LogP contribution in [0.3, 0.4) is 0 Å². The number of aromatic nitrogens is 1. The number of nitrogens with zero attached hydrogens (tertiary/aromatic N) is 2. The Bertz CT molecular complexity index is 822. The number of hydrogen-bond donors (Lipinski definition) is 0. The second kappa shape index (κ2) is 7.19. The summed E-state index contributed by atoms with van der Waals surface area (Å²) in [6.45, 7) is -0.197. The van der Waals surface area contributed by atoms with Crippen molar-refractivity contribution < 1.29 is 18.0 Å². The Morgan fingerprint density at radius 1 is 1.27 bits per heavy atom. The third-order valence-electron chi connectivity index (χ3n) is 4.45. The minimum atomic E-state index is -4.50. The van der Waals surface area contributed by atoms with Gasteiger partial charge < -0.3 is 4.90 Å². The lowest BCUT2D eigenvalue weighted by Gasteiger charge is -2.32. The Kier molecular flexibility index (Phi) is 5.45. The van der Waals surface area contributed by atoms with Crippen LogP contribution in [0.25, 0.3) is 0 Å². The number of anilines is 1. The van der Waals surface area contributed by atoms with Gasteiger partial charge >= 0.3 is 6.18 Å². The van der Waals surface area contributed by atoms with Crippen LogP contribution in [0.1, 0.15) is 27.3 Å². The molecular weight excluding hydrogens is 432 g/mol. The summed E-state index contributed by atoms with van der Waals surface area (Å²) >= 11 is 18.6. The maximum Gasteiger partial charge on any atom is 0.400 e. The third-order valence-corrected chi connectivity index (χ3v) is 6.22. The van der Waals surface area contributed by atoms with Crippen LogP contribution in [0.15, 0.2) is 18.2 Å². The molecule has 1 aromatic heterocycles. The standard InChI is InChI=1S/C16H12Cl3F3N2OS/c17-6-12-13(7-25)26-14(23-12)24-2-1-15(8-24,16(20,21)22)9-3-10(18)5-11(19)4-9/h3-5,7H,1-2,6,8H2. The SMILES string of the molecule is O=Cc1sc(N2CCC(c3cc(Cl)cc(Cl)c3)(C(F)(F)F)C2)nc1CCl. The van der Waals surface area contributed by atoms with Crippen molar-refractivity contribution >= 4 is 57.6 Å². The van der Waals surface area contributed by atoms with E-state index in [2.05, 4.69) is 4.98 Å². The fourth-order valence-corrected chi connectivity index (χ4v) is 4.84. The van der Waals surface area contributed by atoms with Gasteiger partial charge in [-0.25, -0.2) is 4.98 Å². The highest BCUT2D eigenvalue weighted by Crippen LogP contribution is 2.49. The number of benzene rings is 1. The van der Waals surface area contributed by atoms with Crippen LogP contribution in [0.5, 0.6) is 0 Å². The van der Waals surface area contributed by atoms with Crippen molar-refractivity contribution in [2.75, 3.05) is 18.0 Å². The van der Waals surface area contributed by atoms with Crippen molar-refractivity contribution in [3.63, 3.8) is 0 Å². The van der Waals surface area contributed by atoms with Crippen LogP contribution in [-0.4, -0.2) is 30.5 Å². The van der Waals surface area contributed by atoms with Gasteiger partial charge in [-0.2, -0.15) is 13.2 Å². The predicted molar refractivity (Wildman–Crippen MR) is 98.1 cm³/mol. The van der Waals surface area contributed by atoms with Crippen molar-refractivity contribution in [3.8, 4) is 0 Å². The monoisotopic (exact) mass is 442 g/mol. The molecule has 1 saturated heterocycles. The molecule has 0 radical (unpaired) electrons. The van der Waals surface area contributed by atoms with Gasteiger partial charge in [0.1, 0.15) is 5.41 Å². The summed E-state index contributed by atoms with van der Waals surface area (Å²) < 4.78 is 42.2. The molecular formula is C16H12Cl3F3N2OS. The van der Waals surface area contributed by atoms with E-state index in [4.69, 9.17) is 34.8 Å². The zero-order valence-corrected chi connectivity index (χ0v) is 16.2. The fraction of sp³-hybridized carbons (Fsp3) is 0.375. The number of alkyl halides is 4. The summed E-state index contributed by atoms with van der Waals surface area (Å²) in [4.78, 5) is 17.1. The molecule has 0 N–H and O–H groups in total. The van der Waals surface area contributed by atoms with Crippen LogP contribution in [0.4, 0.5) is 18.3 Å². The zero-order chi connectivity index (χ0) is 19.1. The van der Waals surface area contributed by atoms with E-state index in [0.717, 1.165) is 11.3 Å². The Morgan fingerprint density at radius 2 is 1.92 bits per heavy atom. The first-order valence-corrected chi connectivity index (χ1v) is 9.60. The molecule has 0 saturated carbocycles. The molecule has 1 aromatic carbocycles. The van der Waals surface area contributed by atoms with Gasteiger partial charge in [-0.3, -0.25) is 4.79 Å². The van der Waals surface area contributed by atoms with Crippen LogP contribution in [0.2, 0.25) is 10.0 Å². The minimum absolute atomic E-state index is 0.0206. The second-order valence-corrected chi connectivity index (χ2v) is 8.12. The number of aldehydes is 1. The molecule has 2 aromatic rings. The zero-order valence-electron chi connectivity index (χ0n) is 13.1. The van der Waals surface area contributed by atoms with Crippen molar-refractivity contribution in [3.05, 3.63) is 44.4 Å². The number of carbonyl (C=O) groups is 1. The van der Waals surface area contributed by atoms with Crippen LogP contribution in [-0.2, 0) is 11.3 Å². The first-order chi connectivity index (χ1) is 12.2. The molecule has 1 unspecified atom stereocenters. The van der Waals surface area contributed by atoms with Crippen LogP contribution >= 0.6 is 46.1 Å². The smallest absolute Gasteiger partial charge is 0.347 e. The highest BCUT2D eigenvalue weighted by atomic mass is 35.5. The number of halogens is 6. The molecule has 26 heavy (non-hydrogen) atoms. The molecule has 0 bridgehead atoms. The van der Waals surface area contributed by atoms with Crippen molar-refractivity contribution in [2.24, 2.45) is 0 Å². The Hall–Kier alpha value is -1.02. The van der Waals surface area contributed by atoms with Gasteiger partial charge in [0.05, 0.1) is 16.5 Å². The maximum absolute atomic E-state index is 14.1. The number of rotatable bonds is 4. The van der Waals surface area contributed by atoms with E-state index < -0.39 is 11.6 Å². The predicted octanol–water partition coefficient (Wildman–Crippen LogP) is 5.71. The van der Waals surface area contributed by atoms with E-state index >= 15 is 0 Å². The molecule has 1 aliphatic rings. The topological polar surface area (TPSA) is 33.2 Å². The molecule has 0 spiro atoms. The van der Waals surface area contributed by atoms with E-state index in [1.54, 1.807) is 0 Å². The summed E-state index contributed by atoms with van der Waals surface area (Å²) in [5.41, 5.74) is -1.72. The first-order valence-electron chi connectivity index (χ1n) is 7.49. The Labute approximate surface area is 166 Å². The summed E-state index contributed by atoms with van der Waals surface area (Å²) in [5, 5.41) is 0.648. The van der Waals surface area contributed by atoms with Crippen molar-refractivity contribution in [1.82, 2.24) is 4.98 Å². The van der Waals surface area contributed by atoms with Crippen LogP contribution < -0.4 is 4.90 Å². The average molecular weight is 444 g/mol. The summed E-state index contributed by atoms with van der Waals surface area (Å²) in [6, 6.07) is 3.99. The molecule has 1 aliphatic heterocycles. The second-order valence-electron chi connectivity index (χ2n) is 5.97. The van der Waals surface area contributed by atoms with Gasteiger partial charge in [-0.05, 0) is 30.2 Å². The maximum atomic E-state index is 14.1. The van der Waals surface area contributed by atoms with Gasteiger partial charge in [0.15, 0.2) is 11.4 Å². The highest BCUT2D eigenvalue weighted by Gasteiger charge is 2.59. The summed E-state index contributed by atoms with van der Waals surface area (Å²) in [5.74, 6) is 0.0206. The number of carbonyl (C=O) groups excluding carboxylic acids is 1. The number of thiazole rings is 1. The normalized spacial score (nSPS) is 20.6. The third kappa shape index (κ3) is 3.42. The molecule has 0 aliphatic carbocycles. The molecule has 3 nitrogen and oxygen atoms in total. The quantitative estimate of drug-likeness (QED) is 0.448. The average Bonchev–Trinajstić information content (AvgIpc) is 3.18. The first kappa shape index (κ1) is 19.7. The van der Waals surface area contributed by atoms with Gasteiger partial charge in [-0.15, -0.1) is 11.6 Å². The molecule has 10 heteroatoms. The van der Waals surface area contributed by atoms with E-state index in [-0.39, 0.29) is 41.0 Å². The lowest BCUT2D eigenvalue weighted by atomic mass is 9.79. The largest absolute Gasteiger partial charge is 0.400 e. The molecule has 1 atom stereocenters. The lowest BCUT2D eigenvalue weighted by molar-refractivity contribution is -0.184. The highest BCUT2D eigenvalue weighted by molar-refractivity contribution is 7.17. The molecule has 2 heterocycles. The lowest BCUT2D eigenvalue weighted by Crippen LogP contribution is -2.44. The van der Waals surface area contributed by atoms with E-state index in [1.807, 2.05) is 0 Å². The van der Waals surface area contributed by atoms with E-state index in [0.29, 0.717) is 22.0 Å². The van der Waals surface area contributed by atoms with Crippen molar-refractivity contribution in [1.29, 1.82) is 0 Å². The Balaban J connectivity index is 2.02. The fourth-order valence-electron chi connectivity index (χ4n) is 3.11. The molecule has 0 amide bonds. The van der Waals surface area contributed by atoms with Crippen LogP contribution in [0, 0.1) is 0 Å².